The van der Waals surface area contributed by atoms with Gasteiger partial charge in [0.1, 0.15) is 6.07 Å². The van der Waals surface area contributed by atoms with E-state index in [-0.39, 0.29) is 22.4 Å². The topological polar surface area (TPSA) is 117 Å². The van der Waals surface area contributed by atoms with Gasteiger partial charge in [-0.1, -0.05) is 36.4 Å². The van der Waals surface area contributed by atoms with Gasteiger partial charge in [-0.05, 0) is 78.1 Å². The number of benzene rings is 3. The second-order valence-electron chi connectivity index (χ2n) is 11.0. The molecule has 0 radical (unpaired) electrons. The van der Waals surface area contributed by atoms with E-state index in [1.54, 1.807) is 48.7 Å². The largest absolute Gasteiger partial charge is 0.378 e. The second kappa shape index (κ2) is 11.3. The van der Waals surface area contributed by atoms with Crippen molar-refractivity contribution in [1.29, 1.82) is 5.26 Å². The van der Waals surface area contributed by atoms with Crippen molar-refractivity contribution >= 4 is 38.3 Å². The Labute approximate surface area is 255 Å². The van der Waals surface area contributed by atoms with E-state index < -0.39 is 10.0 Å². The summed E-state index contributed by atoms with van der Waals surface area (Å²) in [7, 11) is -4.04. The van der Waals surface area contributed by atoms with Gasteiger partial charge in [-0.25, -0.2) is 17.4 Å². The number of pyridine rings is 1. The third kappa shape index (κ3) is 5.10. The van der Waals surface area contributed by atoms with Crippen LogP contribution in [0, 0.1) is 17.2 Å². The number of carbonyl (C=O) groups is 1. The number of nitrogens with one attached hydrogen (secondary N) is 1. The summed E-state index contributed by atoms with van der Waals surface area (Å²) in [6, 6.07) is 27.3. The Bertz CT molecular complexity index is 2020. The molecule has 44 heavy (non-hydrogen) atoms. The summed E-state index contributed by atoms with van der Waals surface area (Å²) >= 11 is 0. The molecule has 1 amide bonds. The molecule has 0 unspecified atom stereocenters. The first kappa shape index (κ1) is 27.8. The zero-order valence-corrected chi connectivity index (χ0v) is 24.6. The highest BCUT2D eigenvalue weighted by Gasteiger charge is 2.30. The third-order valence-corrected chi connectivity index (χ3v) is 9.86. The smallest absolute Gasteiger partial charge is 0.269 e. The minimum absolute atomic E-state index is 0.00808. The Morgan fingerprint density at radius 1 is 0.932 bits per heavy atom. The van der Waals surface area contributed by atoms with Crippen LogP contribution in [0.15, 0.2) is 96.0 Å². The van der Waals surface area contributed by atoms with Crippen molar-refractivity contribution in [3.8, 4) is 28.5 Å². The van der Waals surface area contributed by atoms with Crippen molar-refractivity contribution in [2.75, 3.05) is 36.5 Å². The lowest BCUT2D eigenvalue weighted by Crippen LogP contribution is -2.36. The normalized spacial score (nSPS) is 15.2. The molecule has 1 saturated heterocycles. The van der Waals surface area contributed by atoms with Crippen LogP contribution in [0.2, 0.25) is 0 Å². The van der Waals surface area contributed by atoms with Crippen LogP contribution in [-0.2, 0) is 19.6 Å². The van der Waals surface area contributed by atoms with E-state index in [1.165, 1.54) is 3.97 Å². The molecule has 1 saturated carbocycles. The van der Waals surface area contributed by atoms with Gasteiger partial charge in [-0.3, -0.25) is 4.79 Å². The summed E-state index contributed by atoms with van der Waals surface area (Å²) in [5, 5.41) is 13.4. The summed E-state index contributed by atoms with van der Waals surface area (Å²) in [5.74, 6) is -0.0678. The number of rotatable bonds is 7. The number of nitriles is 1. The third-order valence-electron chi connectivity index (χ3n) is 8.14. The Balaban J connectivity index is 1.37. The lowest BCUT2D eigenvalue weighted by Gasteiger charge is -2.28. The summed E-state index contributed by atoms with van der Waals surface area (Å²) in [5.41, 5.74) is 4.75. The molecule has 5 aromatic rings. The quantitative estimate of drug-likeness (QED) is 0.255. The van der Waals surface area contributed by atoms with Crippen LogP contribution in [0.5, 0.6) is 0 Å². The van der Waals surface area contributed by atoms with Gasteiger partial charge in [0.2, 0.25) is 5.91 Å². The number of hydrogen-bond donors (Lipinski definition) is 1. The number of nitrogens with zero attached hydrogens (tertiary/aromatic N) is 4. The number of aromatic nitrogens is 2. The molecule has 3 heterocycles. The molecule has 2 fully saturated rings. The van der Waals surface area contributed by atoms with E-state index in [4.69, 9.17) is 4.74 Å². The number of hydrogen-bond acceptors (Lipinski definition) is 7. The van der Waals surface area contributed by atoms with Crippen molar-refractivity contribution in [1.82, 2.24) is 8.96 Å². The van der Waals surface area contributed by atoms with Crippen molar-refractivity contribution in [3.63, 3.8) is 0 Å². The van der Waals surface area contributed by atoms with E-state index in [1.807, 2.05) is 42.5 Å². The summed E-state index contributed by atoms with van der Waals surface area (Å²) in [6.45, 7) is 2.92. The molecule has 7 rings (SSSR count). The fraction of sp³-hybridized carbons (Fsp3) is 0.206. The van der Waals surface area contributed by atoms with Crippen LogP contribution < -0.4 is 10.2 Å². The molecule has 2 aromatic heterocycles. The summed E-state index contributed by atoms with van der Waals surface area (Å²) in [6.07, 6.45) is 3.30. The molecule has 0 bridgehead atoms. The van der Waals surface area contributed by atoms with E-state index in [0.717, 1.165) is 42.7 Å². The summed E-state index contributed by atoms with van der Waals surface area (Å²) < 4.78 is 35.2. The SMILES string of the molecule is N#Cc1cc(-c2ccnc3c2cc(-c2ccc(N4CCOCC4)cc2)n3S(=O)(=O)c2ccccc2)ccc1NC(=O)C1CC1. The molecular weight excluding hydrogens is 574 g/mol. The molecule has 2 aliphatic rings. The fourth-order valence-electron chi connectivity index (χ4n) is 5.63. The first-order chi connectivity index (χ1) is 21.4. The first-order valence-corrected chi connectivity index (χ1v) is 16.0. The maximum atomic E-state index is 14.2. The number of morpholine rings is 1. The lowest BCUT2D eigenvalue weighted by atomic mass is 10.00. The highest BCUT2D eigenvalue weighted by atomic mass is 32.2. The van der Waals surface area contributed by atoms with Crippen LogP contribution in [0.4, 0.5) is 11.4 Å². The van der Waals surface area contributed by atoms with Crippen LogP contribution in [0.25, 0.3) is 33.4 Å². The minimum Gasteiger partial charge on any atom is -0.378 e. The highest BCUT2D eigenvalue weighted by molar-refractivity contribution is 7.90. The molecule has 1 aliphatic carbocycles. The van der Waals surface area contributed by atoms with Gasteiger partial charge in [0, 0.05) is 36.3 Å². The van der Waals surface area contributed by atoms with Gasteiger partial charge in [0.25, 0.3) is 10.0 Å². The molecule has 0 spiro atoms. The molecule has 1 aliphatic heterocycles. The number of ether oxygens (including phenoxy) is 1. The van der Waals surface area contributed by atoms with Gasteiger partial charge in [0.15, 0.2) is 5.65 Å². The predicted molar refractivity (Wildman–Crippen MR) is 169 cm³/mol. The number of anilines is 2. The molecule has 10 heteroatoms. The maximum absolute atomic E-state index is 14.2. The zero-order chi connectivity index (χ0) is 30.3. The molecular formula is C34H29N5O4S. The number of carbonyl (C=O) groups excluding carboxylic acids is 1. The molecule has 9 nitrogen and oxygen atoms in total. The average Bonchev–Trinajstić information content (AvgIpc) is 3.85. The van der Waals surface area contributed by atoms with E-state index in [0.29, 0.717) is 41.1 Å². The van der Waals surface area contributed by atoms with E-state index in [2.05, 4.69) is 21.3 Å². The molecule has 1 N–H and O–H groups in total. The Hall–Kier alpha value is -4.98. The fourth-order valence-corrected chi connectivity index (χ4v) is 7.13. The van der Waals surface area contributed by atoms with E-state index >= 15 is 0 Å². The van der Waals surface area contributed by atoms with Crippen LogP contribution in [-0.4, -0.2) is 49.6 Å². The number of fused-ring (bicyclic) bond motifs is 1. The first-order valence-electron chi connectivity index (χ1n) is 14.5. The Morgan fingerprint density at radius 3 is 2.36 bits per heavy atom. The van der Waals surface area contributed by atoms with Crippen molar-refractivity contribution in [2.45, 2.75) is 17.7 Å². The van der Waals surface area contributed by atoms with Gasteiger partial charge < -0.3 is 15.0 Å². The van der Waals surface area contributed by atoms with Gasteiger partial charge in [0.05, 0.1) is 35.1 Å². The maximum Gasteiger partial charge on any atom is 0.269 e. The lowest BCUT2D eigenvalue weighted by molar-refractivity contribution is -0.117. The van der Waals surface area contributed by atoms with Crippen molar-refractivity contribution in [3.05, 3.63) is 96.7 Å². The average molecular weight is 604 g/mol. The predicted octanol–water partition coefficient (Wildman–Crippen LogP) is 5.66. The van der Waals surface area contributed by atoms with Crippen LogP contribution >= 0.6 is 0 Å². The molecule has 220 valence electrons. The van der Waals surface area contributed by atoms with Crippen LogP contribution in [0.1, 0.15) is 18.4 Å². The molecule has 3 aromatic carbocycles. The van der Waals surface area contributed by atoms with Crippen molar-refractivity contribution in [2.24, 2.45) is 5.92 Å². The number of amides is 1. The minimum atomic E-state index is -4.04. The monoisotopic (exact) mass is 603 g/mol. The summed E-state index contributed by atoms with van der Waals surface area (Å²) in [4.78, 5) is 19.3. The standard InChI is InChI=1S/C34H29N5O4S/c35-22-26-20-25(10-13-31(26)37-34(40)24-6-7-24)29-14-15-36-33-30(29)21-32(39(33)44(41,42)28-4-2-1-3-5-28)23-8-11-27(12-9-23)38-16-18-43-19-17-38/h1-5,8-15,20-21,24H,6-7,16-19H2,(H,37,40). The highest BCUT2D eigenvalue weighted by Crippen LogP contribution is 2.38. The van der Waals surface area contributed by atoms with Gasteiger partial charge in [-0.2, -0.15) is 5.26 Å². The zero-order valence-electron chi connectivity index (χ0n) is 23.8. The van der Waals surface area contributed by atoms with E-state index in [9.17, 15) is 18.5 Å². The Morgan fingerprint density at radius 2 is 1.66 bits per heavy atom. The Kier molecular flexibility index (Phi) is 7.12. The van der Waals surface area contributed by atoms with Crippen molar-refractivity contribution < 1.29 is 17.9 Å². The van der Waals surface area contributed by atoms with Gasteiger partial charge in [-0.15, -0.1) is 0 Å². The van der Waals surface area contributed by atoms with Gasteiger partial charge >= 0.3 is 0 Å². The molecule has 0 atom stereocenters. The second-order valence-corrected chi connectivity index (χ2v) is 12.8. The van der Waals surface area contributed by atoms with Crippen LogP contribution in [0.3, 0.4) is 0 Å².